The van der Waals surface area contributed by atoms with Crippen LogP contribution in [-0.4, -0.2) is 29.7 Å². The van der Waals surface area contributed by atoms with E-state index in [1.165, 1.54) is 5.56 Å². The van der Waals surface area contributed by atoms with Gasteiger partial charge in [-0.05, 0) is 18.4 Å². The molecule has 0 fully saturated rings. The van der Waals surface area contributed by atoms with Crippen LogP contribution in [0.2, 0.25) is 0 Å². The van der Waals surface area contributed by atoms with Gasteiger partial charge in [-0.15, -0.1) is 0 Å². The summed E-state index contributed by atoms with van der Waals surface area (Å²) >= 11 is 0. The molecule has 1 aromatic rings. The molecule has 90 valence electrons. The van der Waals surface area contributed by atoms with Gasteiger partial charge in [0.1, 0.15) is 0 Å². The highest BCUT2D eigenvalue weighted by Gasteiger charge is 2.21. The molecule has 0 spiro atoms. The lowest BCUT2D eigenvalue weighted by Gasteiger charge is -2.11. The lowest BCUT2D eigenvalue weighted by molar-refractivity contribution is -0.128. The zero-order chi connectivity index (χ0) is 12.1. The van der Waals surface area contributed by atoms with Crippen molar-refractivity contribution in [2.24, 2.45) is 10.8 Å². The smallest absolute Gasteiger partial charge is 0.248 e. The van der Waals surface area contributed by atoms with E-state index in [1.54, 1.807) is 5.01 Å². The van der Waals surface area contributed by atoms with Gasteiger partial charge in [0.15, 0.2) is 0 Å². The summed E-state index contributed by atoms with van der Waals surface area (Å²) in [6.07, 6.45) is 2.29. The van der Waals surface area contributed by atoms with Gasteiger partial charge in [-0.3, -0.25) is 4.79 Å². The second-order valence-corrected chi connectivity index (χ2v) is 4.15. The predicted molar refractivity (Wildman–Crippen MR) is 67.6 cm³/mol. The van der Waals surface area contributed by atoms with Crippen molar-refractivity contribution in [2.75, 3.05) is 13.1 Å². The summed E-state index contributed by atoms with van der Waals surface area (Å²) in [5, 5.41) is 5.74. The van der Waals surface area contributed by atoms with Gasteiger partial charge >= 0.3 is 0 Å². The van der Waals surface area contributed by atoms with Crippen LogP contribution >= 0.6 is 0 Å². The summed E-state index contributed by atoms with van der Waals surface area (Å²) in [7, 11) is 0. The molecule has 1 amide bonds. The fraction of sp³-hybridized carbons (Fsp3) is 0.385. The number of hydrogen-bond donors (Lipinski definition) is 1. The van der Waals surface area contributed by atoms with E-state index in [-0.39, 0.29) is 5.91 Å². The SMILES string of the molecule is NCC1=NN(CCCc2ccccc2)C(=O)C1. The minimum absolute atomic E-state index is 0.0681. The first kappa shape index (κ1) is 11.8. The van der Waals surface area contributed by atoms with Crippen LogP contribution in [0.1, 0.15) is 18.4 Å². The van der Waals surface area contributed by atoms with E-state index in [4.69, 9.17) is 5.73 Å². The Hall–Kier alpha value is -1.68. The van der Waals surface area contributed by atoms with Gasteiger partial charge in [-0.25, -0.2) is 5.01 Å². The van der Waals surface area contributed by atoms with E-state index in [1.807, 2.05) is 18.2 Å². The Balaban J connectivity index is 1.79. The number of hydrogen-bond acceptors (Lipinski definition) is 3. The van der Waals surface area contributed by atoms with Crippen LogP contribution in [0.4, 0.5) is 0 Å². The van der Waals surface area contributed by atoms with Crippen LogP contribution in [0, 0.1) is 0 Å². The molecule has 17 heavy (non-hydrogen) atoms. The van der Waals surface area contributed by atoms with Crippen molar-refractivity contribution in [1.29, 1.82) is 0 Å². The van der Waals surface area contributed by atoms with Crippen LogP contribution in [0.15, 0.2) is 35.4 Å². The molecule has 4 nitrogen and oxygen atoms in total. The number of aryl methyl sites for hydroxylation is 1. The molecular formula is C13H17N3O. The van der Waals surface area contributed by atoms with Gasteiger partial charge < -0.3 is 5.73 Å². The van der Waals surface area contributed by atoms with Crippen LogP contribution < -0.4 is 5.73 Å². The monoisotopic (exact) mass is 231 g/mol. The second-order valence-electron chi connectivity index (χ2n) is 4.15. The first-order valence-electron chi connectivity index (χ1n) is 5.90. The maximum atomic E-state index is 11.5. The quantitative estimate of drug-likeness (QED) is 0.826. The molecule has 0 saturated carbocycles. The van der Waals surface area contributed by atoms with Gasteiger partial charge in [0.2, 0.25) is 5.91 Å². The van der Waals surface area contributed by atoms with E-state index in [0.29, 0.717) is 19.5 Å². The van der Waals surface area contributed by atoms with E-state index in [9.17, 15) is 4.79 Å². The Morgan fingerprint density at radius 3 is 2.71 bits per heavy atom. The number of carbonyl (C=O) groups is 1. The van der Waals surface area contributed by atoms with Gasteiger partial charge in [-0.2, -0.15) is 5.10 Å². The zero-order valence-electron chi connectivity index (χ0n) is 9.80. The third-order valence-electron chi connectivity index (χ3n) is 2.82. The van der Waals surface area contributed by atoms with Crippen LogP contribution in [0.3, 0.4) is 0 Å². The average molecular weight is 231 g/mol. The summed E-state index contributed by atoms with van der Waals surface area (Å²) in [4.78, 5) is 11.5. The Kier molecular flexibility index (Phi) is 3.88. The summed E-state index contributed by atoms with van der Waals surface area (Å²) in [5.41, 5.74) is 7.55. The van der Waals surface area contributed by atoms with Gasteiger partial charge in [0, 0.05) is 13.1 Å². The standard InChI is InChI=1S/C13H17N3O/c14-10-12-9-13(17)16(15-12)8-4-7-11-5-2-1-3-6-11/h1-3,5-6H,4,7-10,14H2. The number of nitrogens with two attached hydrogens (primary N) is 1. The van der Waals surface area contributed by atoms with Crippen molar-refractivity contribution in [1.82, 2.24) is 5.01 Å². The first-order valence-corrected chi connectivity index (χ1v) is 5.90. The molecule has 4 heteroatoms. The molecule has 0 unspecified atom stereocenters. The maximum absolute atomic E-state index is 11.5. The van der Waals surface area contributed by atoms with Gasteiger partial charge in [0.05, 0.1) is 12.1 Å². The van der Waals surface area contributed by atoms with E-state index in [0.717, 1.165) is 18.6 Å². The molecule has 1 aromatic carbocycles. The molecule has 0 bridgehead atoms. The molecule has 1 heterocycles. The van der Waals surface area contributed by atoms with Crippen molar-refractivity contribution in [2.45, 2.75) is 19.3 Å². The number of hydrazone groups is 1. The van der Waals surface area contributed by atoms with E-state index in [2.05, 4.69) is 17.2 Å². The van der Waals surface area contributed by atoms with Crippen LogP contribution in [0.25, 0.3) is 0 Å². The van der Waals surface area contributed by atoms with Gasteiger partial charge in [0.25, 0.3) is 0 Å². The zero-order valence-corrected chi connectivity index (χ0v) is 9.80. The second kappa shape index (κ2) is 5.59. The van der Waals surface area contributed by atoms with Crippen LogP contribution in [-0.2, 0) is 11.2 Å². The predicted octanol–water partition coefficient (Wildman–Crippen LogP) is 1.17. The molecule has 2 N–H and O–H groups in total. The summed E-state index contributed by atoms with van der Waals surface area (Å²) in [6, 6.07) is 10.3. The highest BCUT2D eigenvalue weighted by atomic mass is 16.2. The van der Waals surface area contributed by atoms with Crippen LogP contribution in [0.5, 0.6) is 0 Å². The number of nitrogens with zero attached hydrogens (tertiary/aromatic N) is 2. The third kappa shape index (κ3) is 3.14. The third-order valence-corrected chi connectivity index (χ3v) is 2.82. The number of benzene rings is 1. The minimum Gasteiger partial charge on any atom is -0.325 e. The largest absolute Gasteiger partial charge is 0.325 e. The Morgan fingerprint density at radius 2 is 2.06 bits per heavy atom. The molecule has 0 radical (unpaired) electrons. The summed E-state index contributed by atoms with van der Waals surface area (Å²) in [5.74, 6) is 0.0681. The van der Waals surface area contributed by atoms with Crippen molar-refractivity contribution in [3.63, 3.8) is 0 Å². The van der Waals surface area contributed by atoms with Crippen molar-refractivity contribution < 1.29 is 4.79 Å². The fourth-order valence-corrected chi connectivity index (χ4v) is 1.89. The molecule has 0 saturated heterocycles. The Morgan fingerprint density at radius 1 is 1.29 bits per heavy atom. The lowest BCUT2D eigenvalue weighted by atomic mass is 10.1. The van der Waals surface area contributed by atoms with Gasteiger partial charge in [-0.1, -0.05) is 30.3 Å². The molecular weight excluding hydrogens is 214 g/mol. The van der Waals surface area contributed by atoms with Crippen molar-refractivity contribution >= 4 is 11.6 Å². The summed E-state index contributed by atoms with van der Waals surface area (Å²) < 4.78 is 0. The molecule has 0 aliphatic carbocycles. The molecule has 0 aromatic heterocycles. The van der Waals surface area contributed by atoms with Crippen molar-refractivity contribution in [3.8, 4) is 0 Å². The summed E-state index contributed by atoms with van der Waals surface area (Å²) in [6.45, 7) is 1.05. The fourth-order valence-electron chi connectivity index (χ4n) is 1.89. The molecule has 1 aliphatic rings. The lowest BCUT2D eigenvalue weighted by Crippen LogP contribution is -2.22. The normalized spacial score (nSPS) is 15.2. The number of amides is 1. The minimum atomic E-state index is 0.0681. The first-order chi connectivity index (χ1) is 8.29. The Bertz CT molecular complexity index is 414. The molecule has 0 atom stereocenters. The molecule has 1 aliphatic heterocycles. The van der Waals surface area contributed by atoms with Crippen molar-refractivity contribution in [3.05, 3.63) is 35.9 Å². The highest BCUT2D eigenvalue weighted by Crippen LogP contribution is 2.10. The number of carbonyl (C=O) groups excluding carboxylic acids is 1. The topological polar surface area (TPSA) is 58.7 Å². The number of rotatable bonds is 5. The van der Waals surface area contributed by atoms with E-state index >= 15 is 0 Å². The van der Waals surface area contributed by atoms with E-state index < -0.39 is 0 Å². The highest BCUT2D eigenvalue weighted by molar-refractivity contribution is 6.05. The average Bonchev–Trinajstić information content (AvgIpc) is 2.72. The molecule has 2 rings (SSSR count). The maximum Gasteiger partial charge on any atom is 0.248 e. The Labute approximate surface area is 101 Å².